The molecule has 0 saturated heterocycles. The van der Waals surface area contributed by atoms with Gasteiger partial charge in [-0.1, -0.05) is 24.3 Å². The van der Waals surface area contributed by atoms with Crippen LogP contribution >= 0.6 is 0 Å². The van der Waals surface area contributed by atoms with E-state index in [2.05, 4.69) is 5.32 Å². The lowest BCUT2D eigenvalue weighted by Crippen LogP contribution is -2.12. The first-order valence-electron chi connectivity index (χ1n) is 6.30. The molecule has 0 radical (unpaired) electrons. The minimum Gasteiger partial charge on any atom is -0.492 e. The third kappa shape index (κ3) is 3.35. The summed E-state index contributed by atoms with van der Waals surface area (Å²) in [5, 5.41) is 2.87. The molecule has 1 amide bonds. The van der Waals surface area contributed by atoms with Crippen molar-refractivity contribution in [1.82, 2.24) is 0 Å². The zero-order valence-electron chi connectivity index (χ0n) is 11.1. The standard InChI is InChI=1S/C16H17NO2/c1-3-19-15-11-12(2)9-10-14(15)17-16(18)13-7-5-4-6-8-13/h4-11H,3H2,1-2H3,(H,17,18). The van der Waals surface area contributed by atoms with E-state index in [1.807, 2.05) is 50.2 Å². The minimum atomic E-state index is -0.134. The molecule has 0 aliphatic heterocycles. The molecule has 0 spiro atoms. The highest BCUT2D eigenvalue weighted by Gasteiger charge is 2.09. The molecular formula is C16H17NO2. The van der Waals surface area contributed by atoms with Crippen LogP contribution in [-0.2, 0) is 0 Å². The zero-order chi connectivity index (χ0) is 13.7. The quantitative estimate of drug-likeness (QED) is 0.905. The van der Waals surface area contributed by atoms with Gasteiger partial charge in [-0.2, -0.15) is 0 Å². The second kappa shape index (κ2) is 6.05. The fourth-order valence-electron chi connectivity index (χ4n) is 1.79. The molecule has 0 aliphatic carbocycles. The Hall–Kier alpha value is -2.29. The Bertz CT molecular complexity index is 564. The number of nitrogens with one attached hydrogen (secondary N) is 1. The van der Waals surface area contributed by atoms with Crippen molar-refractivity contribution in [2.45, 2.75) is 13.8 Å². The van der Waals surface area contributed by atoms with E-state index in [1.54, 1.807) is 12.1 Å². The maximum Gasteiger partial charge on any atom is 0.255 e. The second-order valence-corrected chi connectivity index (χ2v) is 4.25. The van der Waals surface area contributed by atoms with Crippen molar-refractivity contribution in [3.8, 4) is 5.75 Å². The van der Waals surface area contributed by atoms with Gasteiger partial charge in [0.05, 0.1) is 12.3 Å². The Labute approximate surface area is 113 Å². The molecule has 1 N–H and O–H groups in total. The van der Waals surface area contributed by atoms with E-state index in [0.29, 0.717) is 23.6 Å². The Morgan fingerprint density at radius 2 is 1.89 bits per heavy atom. The Morgan fingerprint density at radius 1 is 1.16 bits per heavy atom. The highest BCUT2D eigenvalue weighted by molar-refractivity contribution is 6.05. The summed E-state index contributed by atoms with van der Waals surface area (Å²) in [5.41, 5.74) is 2.42. The van der Waals surface area contributed by atoms with E-state index >= 15 is 0 Å². The summed E-state index contributed by atoms with van der Waals surface area (Å²) in [4.78, 5) is 12.1. The van der Waals surface area contributed by atoms with Crippen molar-refractivity contribution in [2.24, 2.45) is 0 Å². The molecule has 0 aliphatic rings. The van der Waals surface area contributed by atoms with Crippen LogP contribution in [0.4, 0.5) is 5.69 Å². The number of ether oxygens (including phenoxy) is 1. The fraction of sp³-hybridized carbons (Fsp3) is 0.188. The number of anilines is 1. The van der Waals surface area contributed by atoms with Crippen LogP contribution in [-0.4, -0.2) is 12.5 Å². The third-order valence-electron chi connectivity index (χ3n) is 2.72. The number of carbonyl (C=O) groups is 1. The van der Waals surface area contributed by atoms with Gasteiger partial charge in [-0.15, -0.1) is 0 Å². The summed E-state index contributed by atoms with van der Waals surface area (Å²) >= 11 is 0. The molecule has 2 rings (SSSR count). The van der Waals surface area contributed by atoms with Gasteiger partial charge < -0.3 is 10.1 Å². The normalized spacial score (nSPS) is 10.0. The van der Waals surface area contributed by atoms with Gasteiger partial charge in [0.25, 0.3) is 5.91 Å². The van der Waals surface area contributed by atoms with E-state index in [1.165, 1.54) is 0 Å². The van der Waals surface area contributed by atoms with Gasteiger partial charge in [0.1, 0.15) is 5.75 Å². The molecule has 0 saturated carbocycles. The highest BCUT2D eigenvalue weighted by Crippen LogP contribution is 2.26. The highest BCUT2D eigenvalue weighted by atomic mass is 16.5. The monoisotopic (exact) mass is 255 g/mol. The predicted molar refractivity (Wildman–Crippen MR) is 76.7 cm³/mol. The van der Waals surface area contributed by atoms with E-state index < -0.39 is 0 Å². The average Bonchev–Trinajstić information content (AvgIpc) is 2.43. The molecule has 0 aromatic heterocycles. The van der Waals surface area contributed by atoms with Gasteiger partial charge in [-0.3, -0.25) is 4.79 Å². The fourth-order valence-corrected chi connectivity index (χ4v) is 1.79. The molecule has 0 unspecified atom stereocenters. The second-order valence-electron chi connectivity index (χ2n) is 4.25. The predicted octanol–water partition coefficient (Wildman–Crippen LogP) is 3.65. The van der Waals surface area contributed by atoms with Gasteiger partial charge in [-0.05, 0) is 43.7 Å². The van der Waals surface area contributed by atoms with Crippen molar-refractivity contribution in [2.75, 3.05) is 11.9 Å². The molecule has 0 fully saturated rings. The van der Waals surface area contributed by atoms with Crippen molar-refractivity contribution < 1.29 is 9.53 Å². The lowest BCUT2D eigenvalue weighted by Gasteiger charge is -2.12. The molecular weight excluding hydrogens is 238 g/mol. The van der Waals surface area contributed by atoms with Crippen molar-refractivity contribution in [1.29, 1.82) is 0 Å². The van der Waals surface area contributed by atoms with E-state index in [9.17, 15) is 4.79 Å². The summed E-state index contributed by atoms with van der Waals surface area (Å²) < 4.78 is 5.54. The summed E-state index contributed by atoms with van der Waals surface area (Å²) in [6.45, 7) is 4.48. The Balaban J connectivity index is 2.21. The van der Waals surface area contributed by atoms with Crippen LogP contribution in [0, 0.1) is 6.92 Å². The molecule has 3 heteroatoms. The SMILES string of the molecule is CCOc1cc(C)ccc1NC(=O)c1ccccc1. The van der Waals surface area contributed by atoms with Crippen LogP contribution in [0.2, 0.25) is 0 Å². The summed E-state index contributed by atoms with van der Waals surface area (Å²) in [7, 11) is 0. The van der Waals surface area contributed by atoms with Gasteiger partial charge in [0, 0.05) is 5.56 Å². The number of benzene rings is 2. The van der Waals surface area contributed by atoms with E-state index in [4.69, 9.17) is 4.74 Å². The average molecular weight is 255 g/mol. The van der Waals surface area contributed by atoms with Gasteiger partial charge in [0.2, 0.25) is 0 Å². The number of aryl methyl sites for hydroxylation is 1. The molecule has 0 atom stereocenters. The van der Waals surface area contributed by atoms with Crippen LogP contribution in [0.3, 0.4) is 0 Å². The third-order valence-corrected chi connectivity index (χ3v) is 2.72. The maximum atomic E-state index is 12.1. The van der Waals surface area contributed by atoms with Gasteiger partial charge >= 0.3 is 0 Å². The van der Waals surface area contributed by atoms with Crippen LogP contribution in [0.15, 0.2) is 48.5 Å². The summed E-state index contributed by atoms with van der Waals surface area (Å²) in [5.74, 6) is 0.567. The van der Waals surface area contributed by atoms with Gasteiger partial charge in [0.15, 0.2) is 0 Å². The lowest BCUT2D eigenvalue weighted by atomic mass is 10.2. The first-order chi connectivity index (χ1) is 9.20. The topological polar surface area (TPSA) is 38.3 Å². The molecule has 0 heterocycles. The first kappa shape index (κ1) is 13.1. The van der Waals surface area contributed by atoms with Crippen molar-refractivity contribution >= 4 is 11.6 Å². The minimum absolute atomic E-state index is 0.134. The number of hydrogen-bond acceptors (Lipinski definition) is 2. The van der Waals surface area contributed by atoms with E-state index in [0.717, 1.165) is 5.56 Å². The Morgan fingerprint density at radius 3 is 2.58 bits per heavy atom. The van der Waals surface area contributed by atoms with Crippen molar-refractivity contribution in [3.05, 3.63) is 59.7 Å². The van der Waals surface area contributed by atoms with Crippen molar-refractivity contribution in [3.63, 3.8) is 0 Å². The number of rotatable bonds is 4. The smallest absolute Gasteiger partial charge is 0.255 e. The first-order valence-corrected chi connectivity index (χ1v) is 6.30. The van der Waals surface area contributed by atoms with Gasteiger partial charge in [-0.25, -0.2) is 0 Å². The lowest BCUT2D eigenvalue weighted by molar-refractivity contribution is 0.102. The largest absolute Gasteiger partial charge is 0.492 e. The number of carbonyl (C=O) groups excluding carboxylic acids is 1. The molecule has 98 valence electrons. The summed E-state index contributed by atoms with van der Waals surface area (Å²) in [6.07, 6.45) is 0. The maximum absolute atomic E-state index is 12.1. The summed E-state index contributed by atoms with van der Waals surface area (Å²) in [6, 6.07) is 14.9. The Kier molecular flexibility index (Phi) is 4.18. The number of amides is 1. The molecule has 0 bridgehead atoms. The van der Waals surface area contributed by atoms with Crippen LogP contribution in [0.1, 0.15) is 22.8 Å². The number of hydrogen-bond donors (Lipinski definition) is 1. The van der Waals surface area contributed by atoms with Crippen LogP contribution < -0.4 is 10.1 Å². The molecule has 2 aromatic carbocycles. The van der Waals surface area contributed by atoms with Crippen LogP contribution in [0.25, 0.3) is 0 Å². The molecule has 19 heavy (non-hydrogen) atoms. The van der Waals surface area contributed by atoms with Crippen LogP contribution in [0.5, 0.6) is 5.75 Å². The zero-order valence-corrected chi connectivity index (χ0v) is 11.1. The van der Waals surface area contributed by atoms with E-state index in [-0.39, 0.29) is 5.91 Å². The molecule has 3 nitrogen and oxygen atoms in total. The molecule has 2 aromatic rings.